The molecule has 0 aliphatic carbocycles. The summed E-state index contributed by atoms with van der Waals surface area (Å²) < 4.78 is 10.5. The van der Waals surface area contributed by atoms with E-state index in [0.717, 1.165) is 24.5 Å². The monoisotopic (exact) mass is 312 g/mol. The number of hydrogen-bond acceptors (Lipinski definition) is 6. The highest BCUT2D eigenvalue weighted by Crippen LogP contribution is 2.46. The lowest BCUT2D eigenvalue weighted by Crippen LogP contribution is -2.20. The van der Waals surface area contributed by atoms with Gasteiger partial charge in [0.05, 0.1) is 13.7 Å². The van der Waals surface area contributed by atoms with E-state index in [1.165, 1.54) is 11.3 Å². The molecular weight excluding hydrogens is 288 g/mol. The fourth-order valence-electron chi connectivity index (χ4n) is 2.69. The smallest absolute Gasteiger partial charge is 0.350 e. The van der Waals surface area contributed by atoms with Crippen LogP contribution in [0.25, 0.3) is 0 Å². The summed E-state index contributed by atoms with van der Waals surface area (Å²) >= 11 is 1.37. The van der Waals surface area contributed by atoms with E-state index in [-0.39, 0.29) is 5.97 Å². The zero-order chi connectivity index (χ0) is 15.6. The molecule has 1 saturated heterocycles. The van der Waals surface area contributed by atoms with Crippen molar-refractivity contribution in [3.63, 3.8) is 0 Å². The van der Waals surface area contributed by atoms with E-state index < -0.39 is 0 Å². The first-order valence-electron chi connectivity index (χ1n) is 7.37. The van der Waals surface area contributed by atoms with E-state index in [1.807, 2.05) is 0 Å². The molecule has 21 heavy (non-hydrogen) atoms. The standard InChI is InChI=1S/C15H24N2O3S/c1-5-20-15(18)13-11(16)12(19-4)14(21-13)17-7-6-10(8-17)9(2)3/h9-10H,5-8,16H2,1-4H3. The molecular formula is C15H24N2O3S. The molecule has 1 aromatic heterocycles. The molecule has 1 atom stereocenters. The number of rotatable bonds is 5. The SMILES string of the molecule is CCOC(=O)c1sc(N2CCC(C(C)C)C2)c(OC)c1N. The van der Waals surface area contributed by atoms with Gasteiger partial charge in [-0.05, 0) is 25.2 Å². The molecule has 0 amide bonds. The molecule has 0 saturated carbocycles. The minimum absolute atomic E-state index is 0.340. The number of carbonyl (C=O) groups excluding carboxylic acids is 1. The number of hydrogen-bond donors (Lipinski definition) is 1. The van der Waals surface area contributed by atoms with Gasteiger partial charge in [-0.15, -0.1) is 11.3 Å². The molecule has 118 valence electrons. The molecule has 0 aromatic carbocycles. The van der Waals surface area contributed by atoms with Crippen LogP contribution in [0.4, 0.5) is 10.7 Å². The molecule has 5 nitrogen and oxygen atoms in total. The van der Waals surface area contributed by atoms with Crippen LogP contribution < -0.4 is 15.4 Å². The lowest BCUT2D eigenvalue weighted by atomic mass is 9.95. The Morgan fingerprint density at radius 3 is 2.76 bits per heavy atom. The van der Waals surface area contributed by atoms with Crippen LogP contribution in [0.1, 0.15) is 36.9 Å². The second kappa shape index (κ2) is 6.56. The molecule has 0 spiro atoms. The van der Waals surface area contributed by atoms with Gasteiger partial charge in [0.2, 0.25) is 0 Å². The number of esters is 1. The van der Waals surface area contributed by atoms with Crippen molar-refractivity contribution in [3.8, 4) is 5.75 Å². The molecule has 2 heterocycles. The lowest BCUT2D eigenvalue weighted by molar-refractivity contribution is 0.0533. The Bertz CT molecular complexity index is 513. The van der Waals surface area contributed by atoms with Crippen LogP contribution in [0.3, 0.4) is 0 Å². The second-order valence-corrected chi connectivity index (χ2v) is 6.64. The van der Waals surface area contributed by atoms with Crippen molar-refractivity contribution >= 4 is 28.0 Å². The molecule has 0 radical (unpaired) electrons. The zero-order valence-corrected chi connectivity index (χ0v) is 14.0. The predicted molar refractivity (Wildman–Crippen MR) is 86.4 cm³/mol. The van der Waals surface area contributed by atoms with E-state index in [0.29, 0.717) is 34.8 Å². The van der Waals surface area contributed by atoms with Crippen molar-refractivity contribution in [1.82, 2.24) is 0 Å². The number of methoxy groups -OCH3 is 1. The van der Waals surface area contributed by atoms with Crippen LogP contribution in [0.5, 0.6) is 5.75 Å². The van der Waals surface area contributed by atoms with Crippen LogP contribution in [-0.2, 0) is 4.74 Å². The highest BCUT2D eigenvalue weighted by molar-refractivity contribution is 7.19. The van der Waals surface area contributed by atoms with Gasteiger partial charge in [0.15, 0.2) is 5.75 Å². The summed E-state index contributed by atoms with van der Waals surface area (Å²) in [4.78, 5) is 14.7. The molecule has 1 aliphatic rings. The minimum atomic E-state index is -0.371. The maximum absolute atomic E-state index is 12.0. The summed E-state index contributed by atoms with van der Waals surface area (Å²) in [6, 6.07) is 0. The van der Waals surface area contributed by atoms with E-state index >= 15 is 0 Å². The Hall–Kier alpha value is -1.43. The quantitative estimate of drug-likeness (QED) is 0.847. The summed E-state index contributed by atoms with van der Waals surface area (Å²) in [7, 11) is 1.59. The van der Waals surface area contributed by atoms with Crippen LogP contribution in [0.15, 0.2) is 0 Å². The topological polar surface area (TPSA) is 64.8 Å². The van der Waals surface area contributed by atoms with Gasteiger partial charge in [0, 0.05) is 13.1 Å². The number of anilines is 2. The third-order valence-electron chi connectivity index (χ3n) is 4.00. The molecule has 2 N–H and O–H groups in total. The number of nitrogen functional groups attached to an aromatic ring is 1. The number of nitrogens with two attached hydrogens (primary N) is 1. The molecule has 2 rings (SSSR count). The summed E-state index contributed by atoms with van der Waals surface area (Å²) in [5.74, 6) is 1.56. The summed E-state index contributed by atoms with van der Waals surface area (Å²) in [6.07, 6.45) is 1.16. The molecule has 1 unspecified atom stereocenters. The van der Waals surface area contributed by atoms with E-state index in [9.17, 15) is 4.79 Å². The van der Waals surface area contributed by atoms with E-state index in [2.05, 4.69) is 18.7 Å². The Labute approximate surface area is 130 Å². The summed E-state index contributed by atoms with van der Waals surface area (Å²) in [5, 5.41) is 0.946. The van der Waals surface area contributed by atoms with Gasteiger partial charge >= 0.3 is 5.97 Å². The van der Waals surface area contributed by atoms with Crippen LogP contribution >= 0.6 is 11.3 Å². The third kappa shape index (κ3) is 3.10. The van der Waals surface area contributed by atoms with Crippen molar-refractivity contribution in [2.24, 2.45) is 11.8 Å². The van der Waals surface area contributed by atoms with Crippen molar-refractivity contribution in [1.29, 1.82) is 0 Å². The van der Waals surface area contributed by atoms with Crippen LogP contribution in [-0.4, -0.2) is 32.8 Å². The number of thiophene rings is 1. The van der Waals surface area contributed by atoms with E-state index in [1.54, 1.807) is 14.0 Å². The maximum atomic E-state index is 12.0. The lowest BCUT2D eigenvalue weighted by Gasteiger charge is -2.19. The fraction of sp³-hybridized carbons (Fsp3) is 0.667. The van der Waals surface area contributed by atoms with Gasteiger partial charge < -0.3 is 20.1 Å². The van der Waals surface area contributed by atoms with Gasteiger partial charge in [0.1, 0.15) is 15.6 Å². The Morgan fingerprint density at radius 1 is 1.52 bits per heavy atom. The number of carbonyl (C=O) groups is 1. The van der Waals surface area contributed by atoms with Gasteiger partial charge in [-0.3, -0.25) is 0 Å². The first-order valence-corrected chi connectivity index (χ1v) is 8.19. The number of ether oxygens (including phenoxy) is 2. The van der Waals surface area contributed by atoms with E-state index in [4.69, 9.17) is 15.2 Å². The summed E-state index contributed by atoms with van der Waals surface area (Å²) in [6.45, 7) is 8.58. The molecule has 1 aliphatic heterocycles. The van der Waals surface area contributed by atoms with Crippen molar-refractivity contribution in [3.05, 3.63) is 4.88 Å². The zero-order valence-electron chi connectivity index (χ0n) is 13.1. The molecule has 0 bridgehead atoms. The first-order chi connectivity index (χ1) is 9.99. The minimum Gasteiger partial charge on any atom is -0.492 e. The predicted octanol–water partition coefficient (Wildman–Crippen LogP) is 3.00. The average Bonchev–Trinajstić information content (AvgIpc) is 3.03. The van der Waals surface area contributed by atoms with Gasteiger partial charge in [-0.25, -0.2) is 4.79 Å². The molecule has 6 heteroatoms. The average molecular weight is 312 g/mol. The van der Waals surface area contributed by atoms with Gasteiger partial charge in [0.25, 0.3) is 0 Å². The van der Waals surface area contributed by atoms with Crippen LogP contribution in [0.2, 0.25) is 0 Å². The highest BCUT2D eigenvalue weighted by atomic mass is 32.1. The third-order valence-corrected chi connectivity index (χ3v) is 5.23. The summed E-state index contributed by atoms with van der Waals surface area (Å²) in [5.41, 5.74) is 6.46. The van der Waals surface area contributed by atoms with Crippen molar-refractivity contribution in [2.45, 2.75) is 27.2 Å². The Kier molecular flexibility index (Phi) is 4.98. The molecule has 1 fully saturated rings. The maximum Gasteiger partial charge on any atom is 0.350 e. The Balaban J connectivity index is 2.28. The van der Waals surface area contributed by atoms with Gasteiger partial charge in [-0.1, -0.05) is 13.8 Å². The first kappa shape index (κ1) is 15.9. The largest absolute Gasteiger partial charge is 0.492 e. The van der Waals surface area contributed by atoms with Crippen LogP contribution in [0, 0.1) is 11.8 Å². The highest BCUT2D eigenvalue weighted by Gasteiger charge is 2.31. The fourth-order valence-corrected chi connectivity index (χ4v) is 3.81. The van der Waals surface area contributed by atoms with Crippen molar-refractivity contribution < 1.29 is 14.3 Å². The number of nitrogens with zero attached hydrogens (tertiary/aromatic N) is 1. The second-order valence-electron chi connectivity index (χ2n) is 5.64. The Morgan fingerprint density at radius 2 is 2.24 bits per heavy atom. The molecule has 1 aromatic rings. The normalized spacial score (nSPS) is 18.3. The van der Waals surface area contributed by atoms with Crippen molar-refractivity contribution in [2.75, 3.05) is 37.4 Å². The van der Waals surface area contributed by atoms with Gasteiger partial charge in [-0.2, -0.15) is 0 Å².